The van der Waals surface area contributed by atoms with E-state index in [9.17, 15) is 14.0 Å². The molecule has 1 aliphatic heterocycles. The summed E-state index contributed by atoms with van der Waals surface area (Å²) in [7, 11) is 5.28. The van der Waals surface area contributed by atoms with E-state index in [-0.39, 0.29) is 17.6 Å². The normalized spacial score (nSPS) is 19.4. The molecule has 6 heteroatoms. The number of carbonyl (C=O) groups excluding carboxylic acids is 2. The van der Waals surface area contributed by atoms with Crippen LogP contribution < -0.4 is 0 Å². The molecule has 1 atom stereocenters. The number of rotatable bonds is 2. The number of hydrogen-bond donors (Lipinski definition) is 0. The van der Waals surface area contributed by atoms with Crippen LogP contribution in [0.1, 0.15) is 10.4 Å². The molecule has 0 unspecified atom stereocenters. The molecule has 2 amide bonds. The lowest BCUT2D eigenvalue weighted by atomic mass is 10.1. The van der Waals surface area contributed by atoms with E-state index in [0.717, 1.165) is 0 Å². The first-order valence-electron chi connectivity index (χ1n) is 6.86. The first kappa shape index (κ1) is 15.4. The zero-order chi connectivity index (χ0) is 15.6. The van der Waals surface area contributed by atoms with E-state index in [0.29, 0.717) is 25.2 Å². The molecule has 5 nitrogen and oxygen atoms in total. The Kier molecular flexibility index (Phi) is 4.57. The first-order valence-corrected chi connectivity index (χ1v) is 6.86. The Morgan fingerprint density at radius 3 is 2.38 bits per heavy atom. The molecule has 1 heterocycles. The maximum Gasteiger partial charge on any atom is 0.254 e. The summed E-state index contributed by atoms with van der Waals surface area (Å²) in [6, 6.07) is 4.91. The van der Waals surface area contributed by atoms with Gasteiger partial charge in [-0.3, -0.25) is 9.59 Å². The minimum absolute atomic E-state index is 0.1000. The number of hydrogen-bond acceptors (Lipinski definition) is 3. The Morgan fingerprint density at radius 1 is 1.19 bits per heavy atom. The van der Waals surface area contributed by atoms with Crippen molar-refractivity contribution < 1.29 is 14.0 Å². The second kappa shape index (κ2) is 6.22. The largest absolute Gasteiger partial charge is 0.347 e. The fourth-order valence-electron chi connectivity index (χ4n) is 2.43. The zero-order valence-electron chi connectivity index (χ0n) is 12.5. The van der Waals surface area contributed by atoms with Crippen molar-refractivity contribution in [1.29, 1.82) is 0 Å². The van der Waals surface area contributed by atoms with Crippen molar-refractivity contribution in [2.24, 2.45) is 0 Å². The number of benzene rings is 1. The third kappa shape index (κ3) is 3.39. The minimum Gasteiger partial charge on any atom is -0.347 e. The monoisotopic (exact) mass is 293 g/mol. The number of piperazine rings is 1. The maximum absolute atomic E-state index is 13.0. The summed E-state index contributed by atoms with van der Waals surface area (Å²) in [5.41, 5.74) is 0.400. The lowest BCUT2D eigenvalue weighted by Crippen LogP contribution is -2.59. The predicted octanol–water partition coefficient (Wildman–Crippen LogP) is 0.670. The fraction of sp³-hybridized carbons (Fsp3) is 0.467. The van der Waals surface area contributed by atoms with Gasteiger partial charge in [-0.15, -0.1) is 0 Å². The Hall–Kier alpha value is -1.95. The first-order chi connectivity index (χ1) is 9.90. The van der Waals surface area contributed by atoms with Gasteiger partial charge in [0, 0.05) is 39.3 Å². The van der Waals surface area contributed by atoms with Gasteiger partial charge in [0.05, 0.1) is 0 Å². The summed E-state index contributed by atoms with van der Waals surface area (Å²) in [5, 5.41) is 0. The molecule has 0 saturated carbocycles. The van der Waals surface area contributed by atoms with Crippen LogP contribution in [0.15, 0.2) is 24.3 Å². The molecule has 114 valence electrons. The second-order valence-corrected chi connectivity index (χ2v) is 5.52. The number of halogens is 1. The Morgan fingerprint density at radius 2 is 1.81 bits per heavy atom. The highest BCUT2D eigenvalue weighted by molar-refractivity contribution is 5.97. The molecule has 1 fully saturated rings. The topological polar surface area (TPSA) is 43.9 Å². The molecule has 0 radical (unpaired) electrons. The van der Waals surface area contributed by atoms with E-state index in [4.69, 9.17) is 0 Å². The quantitative estimate of drug-likeness (QED) is 0.805. The van der Waals surface area contributed by atoms with Gasteiger partial charge < -0.3 is 14.7 Å². The van der Waals surface area contributed by atoms with Crippen LogP contribution in [-0.4, -0.2) is 73.3 Å². The average Bonchev–Trinajstić information content (AvgIpc) is 2.46. The molecule has 0 aliphatic carbocycles. The molecular weight excluding hydrogens is 273 g/mol. The maximum atomic E-state index is 13.0. The molecule has 1 saturated heterocycles. The van der Waals surface area contributed by atoms with Crippen molar-refractivity contribution in [3.05, 3.63) is 35.6 Å². The lowest BCUT2D eigenvalue weighted by Gasteiger charge is -2.40. The van der Waals surface area contributed by atoms with E-state index >= 15 is 0 Å². The summed E-state index contributed by atoms with van der Waals surface area (Å²) >= 11 is 0. The van der Waals surface area contributed by atoms with Crippen LogP contribution in [0.5, 0.6) is 0 Å². The summed E-state index contributed by atoms with van der Waals surface area (Å²) in [4.78, 5) is 30.0. The fourth-order valence-corrected chi connectivity index (χ4v) is 2.43. The van der Waals surface area contributed by atoms with Gasteiger partial charge in [0.25, 0.3) is 5.91 Å². The molecule has 0 bridgehead atoms. The standard InChI is InChI=1S/C15H20FN3O2/c1-17(2)15(21)13-10-18(3)8-9-19(13)14(20)11-4-6-12(16)7-5-11/h4-7,13H,8-10H2,1-3H3/t13-/m0/s1. The van der Waals surface area contributed by atoms with Crippen molar-refractivity contribution in [2.45, 2.75) is 6.04 Å². The van der Waals surface area contributed by atoms with Gasteiger partial charge in [-0.05, 0) is 31.3 Å². The van der Waals surface area contributed by atoms with E-state index < -0.39 is 6.04 Å². The van der Waals surface area contributed by atoms with Crippen LogP contribution in [0.4, 0.5) is 4.39 Å². The Bertz CT molecular complexity index is 530. The molecule has 0 spiro atoms. The minimum atomic E-state index is -0.503. The zero-order valence-corrected chi connectivity index (χ0v) is 12.5. The smallest absolute Gasteiger partial charge is 0.254 e. The Labute approximate surface area is 123 Å². The third-order valence-electron chi connectivity index (χ3n) is 3.66. The van der Waals surface area contributed by atoms with Crippen molar-refractivity contribution >= 4 is 11.8 Å². The second-order valence-electron chi connectivity index (χ2n) is 5.52. The summed E-state index contributed by atoms with van der Waals surface area (Å²) < 4.78 is 13.0. The molecule has 0 N–H and O–H groups in total. The Balaban J connectivity index is 2.24. The van der Waals surface area contributed by atoms with Crippen molar-refractivity contribution in [2.75, 3.05) is 40.8 Å². The molecule has 0 aromatic heterocycles. The molecule has 2 rings (SSSR count). The van der Waals surface area contributed by atoms with Gasteiger partial charge in [-0.25, -0.2) is 4.39 Å². The van der Waals surface area contributed by atoms with Gasteiger partial charge >= 0.3 is 0 Å². The van der Waals surface area contributed by atoms with Gasteiger partial charge in [-0.2, -0.15) is 0 Å². The lowest BCUT2D eigenvalue weighted by molar-refractivity contribution is -0.135. The highest BCUT2D eigenvalue weighted by Crippen LogP contribution is 2.15. The van der Waals surface area contributed by atoms with Crippen LogP contribution >= 0.6 is 0 Å². The van der Waals surface area contributed by atoms with Gasteiger partial charge in [-0.1, -0.05) is 0 Å². The summed E-state index contributed by atoms with van der Waals surface area (Å²) in [6.07, 6.45) is 0. The highest BCUT2D eigenvalue weighted by Gasteiger charge is 2.35. The number of amides is 2. The van der Waals surface area contributed by atoms with Gasteiger partial charge in [0.15, 0.2) is 0 Å². The number of likely N-dealkylation sites (N-methyl/N-ethyl adjacent to an activating group) is 2. The van der Waals surface area contributed by atoms with Crippen molar-refractivity contribution in [3.63, 3.8) is 0 Å². The van der Waals surface area contributed by atoms with E-state index in [1.165, 1.54) is 29.2 Å². The van der Waals surface area contributed by atoms with E-state index in [1.807, 2.05) is 11.9 Å². The van der Waals surface area contributed by atoms with Crippen LogP contribution in [0.2, 0.25) is 0 Å². The SMILES string of the molecule is CN1CCN(C(=O)c2ccc(F)cc2)[C@H](C(=O)N(C)C)C1. The summed E-state index contributed by atoms with van der Waals surface area (Å²) in [6.45, 7) is 1.70. The molecule has 1 aromatic rings. The highest BCUT2D eigenvalue weighted by atomic mass is 19.1. The van der Waals surface area contributed by atoms with E-state index in [1.54, 1.807) is 19.0 Å². The van der Waals surface area contributed by atoms with Crippen LogP contribution in [0.3, 0.4) is 0 Å². The van der Waals surface area contributed by atoms with Crippen molar-refractivity contribution in [1.82, 2.24) is 14.7 Å². The van der Waals surface area contributed by atoms with Gasteiger partial charge in [0.1, 0.15) is 11.9 Å². The summed E-state index contributed by atoms with van der Waals surface area (Å²) in [5.74, 6) is -0.717. The van der Waals surface area contributed by atoms with E-state index in [2.05, 4.69) is 0 Å². The molecule has 1 aromatic carbocycles. The van der Waals surface area contributed by atoms with Crippen LogP contribution in [0, 0.1) is 5.82 Å². The number of carbonyl (C=O) groups is 2. The average molecular weight is 293 g/mol. The van der Waals surface area contributed by atoms with Crippen LogP contribution in [0.25, 0.3) is 0 Å². The third-order valence-corrected chi connectivity index (χ3v) is 3.66. The predicted molar refractivity (Wildman–Crippen MR) is 77.4 cm³/mol. The molecular formula is C15H20FN3O2. The molecule has 21 heavy (non-hydrogen) atoms. The van der Waals surface area contributed by atoms with Crippen LogP contribution in [-0.2, 0) is 4.79 Å². The number of nitrogens with zero attached hydrogens (tertiary/aromatic N) is 3. The van der Waals surface area contributed by atoms with Crippen molar-refractivity contribution in [3.8, 4) is 0 Å². The van der Waals surface area contributed by atoms with Gasteiger partial charge in [0.2, 0.25) is 5.91 Å². The molecule has 1 aliphatic rings.